The summed E-state index contributed by atoms with van der Waals surface area (Å²) in [6.07, 6.45) is 6.29. The van der Waals surface area contributed by atoms with Crippen LogP contribution in [0.4, 0.5) is 0 Å². The van der Waals surface area contributed by atoms with Crippen molar-refractivity contribution in [3.63, 3.8) is 0 Å². The lowest BCUT2D eigenvalue weighted by atomic mass is 10.1. The van der Waals surface area contributed by atoms with Gasteiger partial charge < -0.3 is 4.74 Å². The zero-order valence-corrected chi connectivity index (χ0v) is 9.31. The molecule has 0 aliphatic heterocycles. The molecule has 0 atom stereocenters. The standard InChI is InChI=1S/C10H20O2S/c1-2-12-10(11)8-6-4-3-5-7-9-13/h13H,2-9H2,1H3. The minimum Gasteiger partial charge on any atom is -0.466 e. The fraction of sp³-hybridized carbons (Fsp3) is 0.900. The van der Waals surface area contributed by atoms with E-state index in [1.807, 2.05) is 6.92 Å². The maximum atomic E-state index is 10.9. The molecule has 0 N–H and O–H groups in total. The topological polar surface area (TPSA) is 26.3 Å². The second-order valence-electron chi connectivity index (χ2n) is 3.05. The summed E-state index contributed by atoms with van der Waals surface area (Å²) in [6.45, 7) is 2.34. The molecule has 2 nitrogen and oxygen atoms in total. The van der Waals surface area contributed by atoms with E-state index in [1.54, 1.807) is 0 Å². The molecule has 3 heteroatoms. The van der Waals surface area contributed by atoms with Crippen molar-refractivity contribution in [3.8, 4) is 0 Å². The molecule has 0 saturated heterocycles. The summed E-state index contributed by atoms with van der Waals surface area (Å²) in [6, 6.07) is 0. The molecular weight excluding hydrogens is 184 g/mol. The highest BCUT2D eigenvalue weighted by Crippen LogP contribution is 2.06. The molecule has 0 radical (unpaired) electrons. The quantitative estimate of drug-likeness (QED) is 0.374. The van der Waals surface area contributed by atoms with Gasteiger partial charge >= 0.3 is 5.97 Å². The first kappa shape index (κ1) is 12.8. The van der Waals surface area contributed by atoms with Crippen molar-refractivity contribution in [2.24, 2.45) is 0 Å². The van der Waals surface area contributed by atoms with Crippen LogP contribution in [0, 0.1) is 0 Å². The van der Waals surface area contributed by atoms with Crippen LogP contribution in [-0.4, -0.2) is 18.3 Å². The van der Waals surface area contributed by atoms with Crippen molar-refractivity contribution in [1.82, 2.24) is 0 Å². The van der Waals surface area contributed by atoms with Gasteiger partial charge in [0.1, 0.15) is 0 Å². The average molecular weight is 204 g/mol. The molecule has 0 heterocycles. The lowest BCUT2D eigenvalue weighted by Crippen LogP contribution is -2.03. The number of carbonyl (C=O) groups is 1. The van der Waals surface area contributed by atoms with Crippen molar-refractivity contribution in [1.29, 1.82) is 0 Å². The van der Waals surface area contributed by atoms with Crippen LogP contribution >= 0.6 is 12.6 Å². The first-order valence-electron chi connectivity index (χ1n) is 5.07. The summed E-state index contributed by atoms with van der Waals surface area (Å²) in [5, 5.41) is 0. The number of esters is 1. The predicted octanol–water partition coefficient (Wildman–Crippen LogP) is 2.82. The molecule has 0 amide bonds. The Labute approximate surface area is 86.5 Å². The Morgan fingerprint density at radius 3 is 2.38 bits per heavy atom. The van der Waals surface area contributed by atoms with Gasteiger partial charge in [0.25, 0.3) is 0 Å². The lowest BCUT2D eigenvalue weighted by molar-refractivity contribution is -0.143. The smallest absolute Gasteiger partial charge is 0.305 e. The molecule has 0 rings (SSSR count). The van der Waals surface area contributed by atoms with E-state index < -0.39 is 0 Å². The van der Waals surface area contributed by atoms with Crippen LogP contribution in [0.1, 0.15) is 45.4 Å². The monoisotopic (exact) mass is 204 g/mol. The third kappa shape index (κ3) is 9.74. The van der Waals surface area contributed by atoms with Gasteiger partial charge in [-0.3, -0.25) is 4.79 Å². The molecule has 13 heavy (non-hydrogen) atoms. The van der Waals surface area contributed by atoms with Crippen LogP contribution in [-0.2, 0) is 9.53 Å². The molecule has 0 aliphatic rings. The molecule has 0 aromatic rings. The second-order valence-corrected chi connectivity index (χ2v) is 3.49. The van der Waals surface area contributed by atoms with E-state index in [0.29, 0.717) is 13.0 Å². The Hall–Kier alpha value is -0.180. The van der Waals surface area contributed by atoms with Gasteiger partial charge in [-0.2, -0.15) is 12.6 Å². The van der Waals surface area contributed by atoms with Gasteiger partial charge in [-0.25, -0.2) is 0 Å². The Kier molecular flexibility index (Phi) is 9.77. The number of carbonyl (C=O) groups excluding carboxylic acids is 1. The van der Waals surface area contributed by atoms with Gasteiger partial charge in [0.05, 0.1) is 6.61 Å². The maximum Gasteiger partial charge on any atom is 0.305 e. The molecule has 78 valence electrons. The van der Waals surface area contributed by atoms with E-state index in [1.165, 1.54) is 19.3 Å². The predicted molar refractivity (Wildman–Crippen MR) is 58.2 cm³/mol. The highest BCUT2D eigenvalue weighted by Gasteiger charge is 1.99. The molecular formula is C10H20O2S. The molecule has 0 aromatic heterocycles. The summed E-state index contributed by atoms with van der Waals surface area (Å²) in [5.41, 5.74) is 0. The molecule has 0 fully saturated rings. The molecule has 0 saturated carbocycles. The Balaban J connectivity index is 3.02. The fourth-order valence-corrected chi connectivity index (χ4v) is 1.37. The van der Waals surface area contributed by atoms with E-state index in [-0.39, 0.29) is 5.97 Å². The third-order valence-corrected chi connectivity index (χ3v) is 2.16. The number of hydrogen-bond acceptors (Lipinski definition) is 3. The van der Waals surface area contributed by atoms with Crippen LogP contribution in [0.3, 0.4) is 0 Å². The van der Waals surface area contributed by atoms with E-state index in [0.717, 1.165) is 18.6 Å². The first-order chi connectivity index (χ1) is 6.31. The number of unbranched alkanes of at least 4 members (excludes halogenated alkanes) is 4. The van der Waals surface area contributed by atoms with Crippen LogP contribution in [0.25, 0.3) is 0 Å². The number of thiol groups is 1. The SMILES string of the molecule is CCOC(=O)CCCCCCCS. The lowest BCUT2D eigenvalue weighted by Gasteiger charge is -2.01. The molecule has 0 aromatic carbocycles. The van der Waals surface area contributed by atoms with Crippen LogP contribution in [0.2, 0.25) is 0 Å². The zero-order chi connectivity index (χ0) is 9.94. The molecule has 0 unspecified atom stereocenters. The average Bonchev–Trinajstić information content (AvgIpc) is 2.11. The van der Waals surface area contributed by atoms with Gasteiger partial charge in [0, 0.05) is 6.42 Å². The van der Waals surface area contributed by atoms with Crippen LogP contribution < -0.4 is 0 Å². The fourth-order valence-electron chi connectivity index (χ4n) is 1.14. The summed E-state index contributed by atoms with van der Waals surface area (Å²) >= 11 is 4.13. The van der Waals surface area contributed by atoms with Crippen molar-refractivity contribution in [2.75, 3.05) is 12.4 Å². The van der Waals surface area contributed by atoms with Gasteiger partial charge in [-0.15, -0.1) is 0 Å². The summed E-state index contributed by atoms with van der Waals surface area (Å²) in [4.78, 5) is 10.9. The second kappa shape index (κ2) is 9.90. The minimum atomic E-state index is -0.0586. The van der Waals surface area contributed by atoms with E-state index in [9.17, 15) is 4.79 Å². The highest BCUT2D eigenvalue weighted by atomic mass is 32.1. The minimum absolute atomic E-state index is 0.0586. The van der Waals surface area contributed by atoms with Crippen molar-refractivity contribution < 1.29 is 9.53 Å². The van der Waals surface area contributed by atoms with Crippen molar-refractivity contribution >= 4 is 18.6 Å². The summed E-state index contributed by atoms with van der Waals surface area (Å²) in [5.74, 6) is 0.911. The number of rotatable bonds is 8. The molecule has 0 aliphatic carbocycles. The summed E-state index contributed by atoms with van der Waals surface area (Å²) in [7, 11) is 0. The zero-order valence-electron chi connectivity index (χ0n) is 8.42. The van der Waals surface area contributed by atoms with Crippen molar-refractivity contribution in [3.05, 3.63) is 0 Å². The van der Waals surface area contributed by atoms with Gasteiger partial charge in [0.15, 0.2) is 0 Å². The van der Waals surface area contributed by atoms with Crippen molar-refractivity contribution in [2.45, 2.75) is 45.4 Å². The van der Waals surface area contributed by atoms with Gasteiger partial charge in [-0.1, -0.05) is 19.3 Å². The van der Waals surface area contributed by atoms with E-state index in [4.69, 9.17) is 4.74 Å². The molecule has 0 bridgehead atoms. The van der Waals surface area contributed by atoms with Crippen LogP contribution in [0.15, 0.2) is 0 Å². The normalized spacial score (nSPS) is 10.0. The highest BCUT2D eigenvalue weighted by molar-refractivity contribution is 7.80. The number of ether oxygens (including phenoxy) is 1. The van der Waals surface area contributed by atoms with E-state index >= 15 is 0 Å². The Morgan fingerprint density at radius 1 is 1.15 bits per heavy atom. The largest absolute Gasteiger partial charge is 0.466 e. The van der Waals surface area contributed by atoms with Crippen LogP contribution in [0.5, 0.6) is 0 Å². The van der Waals surface area contributed by atoms with E-state index in [2.05, 4.69) is 12.6 Å². The Bertz CT molecular complexity index is 126. The Morgan fingerprint density at radius 2 is 1.77 bits per heavy atom. The maximum absolute atomic E-state index is 10.9. The number of hydrogen-bond donors (Lipinski definition) is 1. The molecule has 0 spiro atoms. The third-order valence-electron chi connectivity index (χ3n) is 1.84. The summed E-state index contributed by atoms with van der Waals surface area (Å²) < 4.78 is 4.82. The van der Waals surface area contributed by atoms with Gasteiger partial charge in [-0.05, 0) is 25.5 Å². The first-order valence-corrected chi connectivity index (χ1v) is 5.71. The van der Waals surface area contributed by atoms with Gasteiger partial charge in [0.2, 0.25) is 0 Å².